The highest BCUT2D eigenvalue weighted by Gasteiger charge is 2.09. The Bertz CT molecular complexity index is 895. The van der Waals surface area contributed by atoms with Crippen molar-refractivity contribution in [3.63, 3.8) is 0 Å². The van der Waals surface area contributed by atoms with Crippen molar-refractivity contribution >= 4 is 11.7 Å². The lowest BCUT2D eigenvalue weighted by molar-refractivity contribution is 0.251. The van der Waals surface area contributed by atoms with Crippen molar-refractivity contribution in [2.45, 2.75) is 6.54 Å². The third-order valence-corrected chi connectivity index (χ3v) is 3.90. The Labute approximate surface area is 157 Å². The Morgan fingerprint density at radius 3 is 2.67 bits per heavy atom. The molecule has 0 radical (unpaired) electrons. The number of amides is 2. The van der Waals surface area contributed by atoms with Gasteiger partial charge >= 0.3 is 6.03 Å². The van der Waals surface area contributed by atoms with E-state index in [2.05, 4.69) is 20.7 Å². The Hall–Kier alpha value is -3.55. The molecule has 0 bridgehead atoms. The van der Waals surface area contributed by atoms with Crippen LogP contribution in [0.2, 0.25) is 0 Å². The Morgan fingerprint density at radius 1 is 1.11 bits per heavy atom. The predicted octanol–water partition coefficient (Wildman–Crippen LogP) is 2.78. The Balaban J connectivity index is 1.51. The summed E-state index contributed by atoms with van der Waals surface area (Å²) in [6.07, 6.45) is 5.34. The molecule has 2 N–H and O–H groups in total. The fourth-order valence-electron chi connectivity index (χ4n) is 2.52. The minimum Gasteiger partial charge on any atom is -0.497 e. The maximum Gasteiger partial charge on any atom is 0.319 e. The molecule has 0 saturated heterocycles. The number of hydrogen-bond acceptors (Lipinski definition) is 5. The van der Waals surface area contributed by atoms with Crippen molar-refractivity contribution in [1.82, 2.24) is 20.1 Å². The van der Waals surface area contributed by atoms with Gasteiger partial charge in [-0.05, 0) is 30.3 Å². The Morgan fingerprint density at radius 2 is 1.93 bits per heavy atom. The highest BCUT2D eigenvalue weighted by Crippen LogP contribution is 2.28. The zero-order chi connectivity index (χ0) is 19.1. The lowest BCUT2D eigenvalue weighted by Crippen LogP contribution is -2.31. The number of benzene rings is 1. The maximum atomic E-state index is 12.1. The van der Waals surface area contributed by atoms with E-state index < -0.39 is 0 Å². The summed E-state index contributed by atoms with van der Waals surface area (Å²) in [7, 11) is 3.11. The van der Waals surface area contributed by atoms with Gasteiger partial charge in [-0.3, -0.25) is 9.67 Å². The molecule has 0 fully saturated rings. The van der Waals surface area contributed by atoms with Crippen molar-refractivity contribution in [2.75, 3.05) is 26.1 Å². The van der Waals surface area contributed by atoms with Gasteiger partial charge in [0.15, 0.2) is 0 Å². The average molecular weight is 367 g/mol. The summed E-state index contributed by atoms with van der Waals surface area (Å²) in [5, 5.41) is 10.1. The number of anilines is 1. The van der Waals surface area contributed by atoms with E-state index in [1.165, 1.54) is 7.11 Å². The molecule has 0 aliphatic rings. The van der Waals surface area contributed by atoms with Gasteiger partial charge in [0.2, 0.25) is 0 Å². The molecule has 8 heteroatoms. The number of hydrogen-bond donors (Lipinski definition) is 2. The van der Waals surface area contributed by atoms with Crippen LogP contribution < -0.4 is 20.1 Å². The van der Waals surface area contributed by atoms with Crippen LogP contribution in [0.15, 0.2) is 55.0 Å². The smallest absolute Gasteiger partial charge is 0.319 e. The van der Waals surface area contributed by atoms with Gasteiger partial charge in [0, 0.05) is 36.8 Å². The normalized spacial score (nSPS) is 10.3. The molecular weight excluding hydrogens is 346 g/mol. The number of nitrogens with zero attached hydrogens (tertiary/aromatic N) is 3. The molecule has 0 aliphatic carbocycles. The summed E-state index contributed by atoms with van der Waals surface area (Å²) in [5.74, 6) is 1.18. The van der Waals surface area contributed by atoms with Crippen LogP contribution in [0.25, 0.3) is 11.3 Å². The molecule has 0 unspecified atom stereocenters. The minimum atomic E-state index is -0.319. The van der Waals surface area contributed by atoms with Gasteiger partial charge in [-0.15, -0.1) is 0 Å². The summed E-state index contributed by atoms with van der Waals surface area (Å²) in [6.45, 7) is 0.986. The summed E-state index contributed by atoms with van der Waals surface area (Å²) < 4.78 is 12.2. The number of pyridine rings is 1. The number of urea groups is 1. The first-order valence-electron chi connectivity index (χ1n) is 8.40. The minimum absolute atomic E-state index is 0.319. The molecule has 0 aliphatic heterocycles. The SMILES string of the molecule is COc1ccc(NC(=O)NCCn2ccc(-c3ccncc3)n2)c(OC)c1. The third-order valence-electron chi connectivity index (χ3n) is 3.90. The zero-order valence-corrected chi connectivity index (χ0v) is 15.2. The monoisotopic (exact) mass is 367 g/mol. The second-order valence-corrected chi connectivity index (χ2v) is 5.65. The summed E-state index contributed by atoms with van der Waals surface area (Å²) in [4.78, 5) is 16.1. The van der Waals surface area contributed by atoms with Crippen LogP contribution in [0.1, 0.15) is 0 Å². The molecule has 3 rings (SSSR count). The maximum absolute atomic E-state index is 12.1. The summed E-state index contributed by atoms with van der Waals surface area (Å²) in [5.41, 5.74) is 2.43. The summed E-state index contributed by atoms with van der Waals surface area (Å²) in [6, 6.07) is 10.6. The molecule has 27 heavy (non-hydrogen) atoms. The van der Waals surface area contributed by atoms with Gasteiger partial charge in [0.05, 0.1) is 32.1 Å². The van der Waals surface area contributed by atoms with Crippen LogP contribution in [0, 0.1) is 0 Å². The third kappa shape index (κ3) is 4.75. The zero-order valence-electron chi connectivity index (χ0n) is 15.2. The van der Waals surface area contributed by atoms with Gasteiger partial charge in [0.25, 0.3) is 0 Å². The number of rotatable bonds is 7. The molecule has 2 heterocycles. The van der Waals surface area contributed by atoms with Gasteiger partial charge in [-0.25, -0.2) is 4.79 Å². The molecule has 2 aromatic heterocycles. The molecule has 1 aromatic carbocycles. The molecule has 2 amide bonds. The molecule has 3 aromatic rings. The van der Waals surface area contributed by atoms with E-state index in [0.29, 0.717) is 30.3 Å². The molecule has 0 saturated carbocycles. The standard InChI is InChI=1S/C19H21N5O3/c1-26-15-3-4-17(18(13-15)27-2)22-19(25)21-10-12-24-11-7-16(23-24)14-5-8-20-9-6-14/h3-9,11,13H,10,12H2,1-2H3,(H2,21,22,25). The average Bonchev–Trinajstić information content (AvgIpc) is 3.18. The first kappa shape index (κ1) is 18.2. The molecule has 140 valence electrons. The van der Waals surface area contributed by atoms with E-state index in [4.69, 9.17) is 9.47 Å². The van der Waals surface area contributed by atoms with Gasteiger partial charge in [-0.1, -0.05) is 0 Å². The fraction of sp³-hybridized carbons (Fsp3) is 0.211. The van der Waals surface area contributed by atoms with Gasteiger partial charge in [0.1, 0.15) is 11.5 Å². The fourth-order valence-corrected chi connectivity index (χ4v) is 2.52. The lowest BCUT2D eigenvalue weighted by Gasteiger charge is -2.12. The largest absolute Gasteiger partial charge is 0.497 e. The van der Waals surface area contributed by atoms with Crippen molar-refractivity contribution < 1.29 is 14.3 Å². The van der Waals surface area contributed by atoms with Crippen LogP contribution in [0.5, 0.6) is 11.5 Å². The van der Waals surface area contributed by atoms with Crippen LogP contribution in [0.4, 0.5) is 10.5 Å². The second kappa shape index (κ2) is 8.70. The first-order valence-corrected chi connectivity index (χ1v) is 8.40. The van der Waals surface area contributed by atoms with Crippen LogP contribution >= 0.6 is 0 Å². The predicted molar refractivity (Wildman–Crippen MR) is 102 cm³/mol. The van der Waals surface area contributed by atoms with Crippen LogP contribution in [0.3, 0.4) is 0 Å². The number of aromatic nitrogens is 3. The van der Waals surface area contributed by atoms with Crippen LogP contribution in [-0.4, -0.2) is 41.6 Å². The van der Waals surface area contributed by atoms with E-state index in [0.717, 1.165) is 11.3 Å². The summed E-state index contributed by atoms with van der Waals surface area (Å²) >= 11 is 0. The topological polar surface area (TPSA) is 90.3 Å². The lowest BCUT2D eigenvalue weighted by atomic mass is 10.2. The molecule has 8 nitrogen and oxygen atoms in total. The molecule has 0 spiro atoms. The van der Waals surface area contributed by atoms with E-state index in [1.54, 1.807) is 42.4 Å². The van der Waals surface area contributed by atoms with E-state index in [1.807, 2.05) is 24.4 Å². The van der Waals surface area contributed by atoms with Gasteiger partial charge in [-0.2, -0.15) is 5.10 Å². The quantitative estimate of drug-likeness (QED) is 0.670. The van der Waals surface area contributed by atoms with Crippen molar-refractivity contribution in [3.05, 3.63) is 55.0 Å². The number of methoxy groups -OCH3 is 2. The molecular formula is C19H21N5O3. The van der Waals surface area contributed by atoms with Crippen molar-refractivity contribution in [1.29, 1.82) is 0 Å². The molecule has 0 atom stereocenters. The highest BCUT2D eigenvalue weighted by atomic mass is 16.5. The van der Waals surface area contributed by atoms with Gasteiger partial charge < -0.3 is 20.1 Å². The Kier molecular flexibility index (Phi) is 5.88. The van der Waals surface area contributed by atoms with E-state index in [9.17, 15) is 4.79 Å². The van der Waals surface area contributed by atoms with E-state index in [-0.39, 0.29) is 6.03 Å². The van der Waals surface area contributed by atoms with E-state index >= 15 is 0 Å². The highest BCUT2D eigenvalue weighted by molar-refractivity contribution is 5.91. The van der Waals surface area contributed by atoms with Crippen molar-refractivity contribution in [3.8, 4) is 22.8 Å². The number of ether oxygens (including phenoxy) is 2. The first-order chi connectivity index (χ1) is 13.2. The second-order valence-electron chi connectivity index (χ2n) is 5.65. The number of nitrogens with one attached hydrogen (secondary N) is 2. The number of carbonyl (C=O) groups is 1. The number of carbonyl (C=O) groups excluding carboxylic acids is 1. The van der Waals surface area contributed by atoms with Crippen molar-refractivity contribution in [2.24, 2.45) is 0 Å². The van der Waals surface area contributed by atoms with Crippen LogP contribution in [-0.2, 0) is 6.54 Å².